The van der Waals surface area contributed by atoms with Crippen LogP contribution >= 0.6 is 0 Å². The lowest BCUT2D eigenvalue weighted by atomic mass is 10.2. The topological polar surface area (TPSA) is 134 Å². The second-order valence-corrected chi connectivity index (χ2v) is 12.2. The second-order valence-electron chi connectivity index (χ2n) is 8.09. The summed E-state index contributed by atoms with van der Waals surface area (Å²) in [5.74, 6) is 0.290. The first-order valence-corrected chi connectivity index (χ1v) is 14.2. The number of halogens is 3. The summed E-state index contributed by atoms with van der Waals surface area (Å²) in [6.45, 7) is 2.41. The van der Waals surface area contributed by atoms with Crippen molar-refractivity contribution in [3.05, 3.63) is 35.8 Å². The van der Waals surface area contributed by atoms with Crippen LogP contribution in [0.25, 0.3) is 28.2 Å². The molecule has 0 radical (unpaired) electrons. The number of alkyl halides is 3. The fourth-order valence-corrected chi connectivity index (χ4v) is 6.17. The van der Waals surface area contributed by atoms with Crippen molar-refractivity contribution in [2.45, 2.75) is 18.1 Å². The SMILES string of the molecule is CCS(=O)(=O)c1nn2c(C(=O)N=S3CCOCC3)ccnc2c1-c1nc2cc(C(F)(F)F)cnc2n1C. The average Bonchev–Trinajstić information content (AvgIpc) is 3.42. The number of amides is 1. The number of nitrogens with zero attached hydrogens (tertiary/aromatic N) is 7. The van der Waals surface area contributed by atoms with Gasteiger partial charge >= 0.3 is 12.1 Å². The van der Waals surface area contributed by atoms with Gasteiger partial charge in [0.15, 0.2) is 26.2 Å². The van der Waals surface area contributed by atoms with Crippen LogP contribution in [-0.4, -0.2) is 73.9 Å². The summed E-state index contributed by atoms with van der Waals surface area (Å²) < 4.78 is 77.8. The van der Waals surface area contributed by atoms with Gasteiger partial charge in [-0.15, -0.1) is 0 Å². The van der Waals surface area contributed by atoms with Crippen molar-refractivity contribution in [1.82, 2.24) is 29.1 Å². The van der Waals surface area contributed by atoms with E-state index >= 15 is 0 Å². The zero-order chi connectivity index (χ0) is 26.5. The van der Waals surface area contributed by atoms with E-state index < -0.39 is 43.2 Å². The van der Waals surface area contributed by atoms with Crippen molar-refractivity contribution < 1.29 is 31.1 Å². The Kier molecular flexibility index (Phi) is 6.35. The van der Waals surface area contributed by atoms with E-state index in [4.69, 9.17) is 4.74 Å². The predicted octanol–water partition coefficient (Wildman–Crippen LogP) is 2.46. The Hall–Kier alpha value is -3.24. The molecule has 4 aromatic heterocycles. The van der Waals surface area contributed by atoms with Crippen molar-refractivity contribution in [2.75, 3.05) is 30.5 Å². The molecule has 5 rings (SSSR count). The maximum atomic E-state index is 13.2. The van der Waals surface area contributed by atoms with Crippen molar-refractivity contribution >= 4 is 43.2 Å². The fourth-order valence-electron chi connectivity index (χ4n) is 3.86. The molecular weight excluding hydrogens is 535 g/mol. The van der Waals surface area contributed by atoms with Crippen LogP contribution < -0.4 is 0 Å². The molecule has 4 aromatic rings. The molecule has 37 heavy (non-hydrogen) atoms. The van der Waals surface area contributed by atoms with Crippen LogP contribution in [0, 0.1) is 0 Å². The van der Waals surface area contributed by atoms with Crippen LogP contribution in [0.15, 0.2) is 33.9 Å². The number of imidazole rings is 1. The van der Waals surface area contributed by atoms with Crippen molar-refractivity contribution in [1.29, 1.82) is 0 Å². The molecule has 0 saturated carbocycles. The minimum atomic E-state index is -4.63. The smallest absolute Gasteiger partial charge is 0.380 e. The number of aryl methyl sites for hydroxylation is 1. The third-order valence-corrected chi connectivity index (χ3v) is 9.11. The maximum absolute atomic E-state index is 13.2. The molecule has 1 fully saturated rings. The van der Waals surface area contributed by atoms with E-state index in [2.05, 4.69) is 24.4 Å². The Morgan fingerprint density at radius 2 is 1.95 bits per heavy atom. The standard InChI is InChI=1S/C21H20F3N7O4S2/c1-3-37(33,34)20-15(18-27-13-10-12(21(22,23)24)11-26-16(13)30(18)2)17-25-5-4-14(31(17)28-20)19(32)29-36-8-6-35-7-9-36/h4-5,10-11H,3,6-9H2,1-2H3. The molecule has 1 saturated heterocycles. The first-order chi connectivity index (χ1) is 17.5. The third kappa shape index (κ3) is 4.53. The van der Waals surface area contributed by atoms with Crippen LogP contribution in [0.2, 0.25) is 0 Å². The molecule has 0 unspecified atom stereocenters. The number of pyridine rings is 1. The summed E-state index contributed by atoms with van der Waals surface area (Å²) in [6.07, 6.45) is -2.63. The number of fused-ring (bicyclic) bond motifs is 2. The Morgan fingerprint density at radius 1 is 1.22 bits per heavy atom. The molecule has 1 aliphatic heterocycles. The van der Waals surface area contributed by atoms with Gasteiger partial charge in [0.25, 0.3) is 0 Å². The van der Waals surface area contributed by atoms with Gasteiger partial charge in [-0.05, 0) is 12.1 Å². The van der Waals surface area contributed by atoms with Gasteiger partial charge in [0, 0.05) is 30.9 Å². The molecule has 196 valence electrons. The highest BCUT2D eigenvalue weighted by Gasteiger charge is 2.33. The van der Waals surface area contributed by atoms with Crippen LogP contribution in [0.5, 0.6) is 0 Å². The van der Waals surface area contributed by atoms with E-state index in [1.807, 2.05) is 0 Å². The van der Waals surface area contributed by atoms with Crippen LogP contribution in [0.3, 0.4) is 0 Å². The van der Waals surface area contributed by atoms with E-state index in [-0.39, 0.29) is 39.6 Å². The summed E-state index contributed by atoms with van der Waals surface area (Å²) >= 11 is 0. The first-order valence-electron chi connectivity index (χ1n) is 11.0. The van der Waals surface area contributed by atoms with E-state index in [0.29, 0.717) is 30.9 Å². The second kappa shape index (κ2) is 9.25. The highest BCUT2D eigenvalue weighted by Crippen LogP contribution is 2.35. The third-order valence-electron chi connectivity index (χ3n) is 5.78. The summed E-state index contributed by atoms with van der Waals surface area (Å²) in [5.41, 5.74) is -1.02. The van der Waals surface area contributed by atoms with Crippen molar-refractivity contribution in [3.8, 4) is 11.4 Å². The Bertz CT molecular complexity index is 1690. The van der Waals surface area contributed by atoms with Gasteiger partial charge in [0.05, 0.1) is 24.5 Å². The molecule has 5 heterocycles. The summed E-state index contributed by atoms with van der Waals surface area (Å²) in [6, 6.07) is 2.22. The molecular formula is C21H20F3N7O4S2. The van der Waals surface area contributed by atoms with Crippen molar-refractivity contribution in [3.63, 3.8) is 0 Å². The van der Waals surface area contributed by atoms with Crippen molar-refractivity contribution in [2.24, 2.45) is 11.4 Å². The summed E-state index contributed by atoms with van der Waals surface area (Å²) in [5, 5.41) is 3.83. The zero-order valence-corrected chi connectivity index (χ0v) is 21.2. The maximum Gasteiger partial charge on any atom is 0.417 e. The van der Waals surface area contributed by atoms with Crippen LogP contribution in [0.1, 0.15) is 23.0 Å². The van der Waals surface area contributed by atoms with E-state index in [9.17, 15) is 26.4 Å². The van der Waals surface area contributed by atoms with E-state index in [1.165, 1.54) is 30.8 Å². The molecule has 0 aromatic carbocycles. The summed E-state index contributed by atoms with van der Waals surface area (Å²) in [7, 11) is -3.02. The number of hydrogen-bond acceptors (Lipinski definition) is 8. The lowest BCUT2D eigenvalue weighted by Crippen LogP contribution is -2.21. The number of aromatic nitrogens is 6. The van der Waals surface area contributed by atoms with Gasteiger partial charge in [0.2, 0.25) is 0 Å². The van der Waals surface area contributed by atoms with Crippen LogP contribution in [0.4, 0.5) is 13.2 Å². The monoisotopic (exact) mass is 555 g/mol. The van der Waals surface area contributed by atoms with Gasteiger partial charge in [0.1, 0.15) is 22.6 Å². The molecule has 16 heteroatoms. The fraction of sp³-hybridized carbons (Fsp3) is 0.381. The number of carbonyl (C=O) groups is 1. The zero-order valence-electron chi connectivity index (χ0n) is 19.6. The van der Waals surface area contributed by atoms with Gasteiger partial charge in [-0.1, -0.05) is 17.6 Å². The molecule has 0 bridgehead atoms. The van der Waals surface area contributed by atoms with Crippen LogP contribution in [-0.2, 0) is 38.5 Å². The Balaban J connectivity index is 1.75. The minimum Gasteiger partial charge on any atom is -0.380 e. The minimum absolute atomic E-state index is 0.000887. The number of ether oxygens (including phenoxy) is 1. The predicted molar refractivity (Wildman–Crippen MR) is 128 cm³/mol. The number of hydrogen-bond donors (Lipinski definition) is 0. The van der Waals surface area contributed by atoms with Gasteiger partial charge < -0.3 is 9.30 Å². The summed E-state index contributed by atoms with van der Waals surface area (Å²) in [4.78, 5) is 25.5. The highest BCUT2D eigenvalue weighted by molar-refractivity contribution is 7.91. The average molecular weight is 556 g/mol. The quantitative estimate of drug-likeness (QED) is 0.375. The van der Waals surface area contributed by atoms with E-state index in [0.717, 1.165) is 10.6 Å². The molecule has 1 aliphatic rings. The highest BCUT2D eigenvalue weighted by atomic mass is 32.2. The molecule has 11 nitrogen and oxygen atoms in total. The molecule has 0 N–H and O–H groups in total. The molecule has 0 spiro atoms. The van der Waals surface area contributed by atoms with Gasteiger partial charge in [-0.25, -0.2) is 27.9 Å². The normalized spacial score (nSPS) is 15.5. The lowest BCUT2D eigenvalue weighted by molar-refractivity contribution is -0.137. The Labute approximate surface area is 210 Å². The van der Waals surface area contributed by atoms with Gasteiger partial charge in [-0.2, -0.15) is 22.6 Å². The first kappa shape index (κ1) is 25.4. The number of rotatable bonds is 4. The number of sulfone groups is 1. The van der Waals surface area contributed by atoms with Gasteiger partial charge in [-0.3, -0.25) is 4.79 Å². The molecule has 1 amide bonds. The molecule has 0 aliphatic carbocycles. The number of carbonyl (C=O) groups excluding carboxylic acids is 1. The lowest BCUT2D eigenvalue weighted by Gasteiger charge is -2.14. The Morgan fingerprint density at radius 3 is 2.62 bits per heavy atom. The largest absolute Gasteiger partial charge is 0.417 e. The molecule has 0 atom stereocenters. The van der Waals surface area contributed by atoms with E-state index in [1.54, 1.807) is 0 Å².